The third kappa shape index (κ3) is 2.92. The molecule has 0 aliphatic heterocycles. The summed E-state index contributed by atoms with van der Waals surface area (Å²) in [6.45, 7) is 5.75. The summed E-state index contributed by atoms with van der Waals surface area (Å²) in [7, 11) is 0. The number of hydrogen-bond acceptors (Lipinski definition) is 5. The fourth-order valence-electron chi connectivity index (χ4n) is 1.52. The average molecular weight is 210 g/mol. The van der Waals surface area contributed by atoms with Crippen LogP contribution in [0.2, 0.25) is 0 Å². The second-order valence-electron chi connectivity index (χ2n) is 4.05. The van der Waals surface area contributed by atoms with Crippen molar-refractivity contribution in [2.45, 2.75) is 39.3 Å². The molecule has 1 saturated carbocycles. The van der Waals surface area contributed by atoms with Gasteiger partial charge in [-0.25, -0.2) is 0 Å². The normalized spacial score (nSPS) is 17.7. The van der Waals surface area contributed by atoms with Crippen molar-refractivity contribution in [3.8, 4) is 0 Å². The second kappa shape index (κ2) is 4.61. The Kier molecular flexibility index (Phi) is 3.20. The van der Waals surface area contributed by atoms with Gasteiger partial charge < -0.3 is 15.1 Å². The van der Waals surface area contributed by atoms with E-state index in [1.54, 1.807) is 0 Å². The van der Waals surface area contributed by atoms with E-state index in [1.165, 1.54) is 12.8 Å². The largest absolute Gasteiger partial charge is 0.407 e. The summed E-state index contributed by atoms with van der Waals surface area (Å²) in [6.07, 6.45) is 2.62. The van der Waals surface area contributed by atoms with Gasteiger partial charge in [0.1, 0.15) is 0 Å². The van der Waals surface area contributed by atoms with E-state index in [9.17, 15) is 0 Å². The second-order valence-corrected chi connectivity index (χ2v) is 4.05. The topological polar surface area (TPSA) is 63.0 Å². The molecule has 1 atom stereocenters. The van der Waals surface area contributed by atoms with Gasteiger partial charge >= 0.3 is 6.01 Å². The maximum atomic E-state index is 5.44. The predicted octanol–water partition coefficient (Wildman–Crippen LogP) is 1.39. The molecule has 1 heterocycles. The average Bonchev–Trinajstić information content (AvgIpc) is 2.99. The SMILES string of the molecule is CCNCc1nnc(NC(C)C2CC2)o1. The molecule has 0 spiro atoms. The maximum Gasteiger partial charge on any atom is 0.315 e. The van der Waals surface area contributed by atoms with E-state index >= 15 is 0 Å². The van der Waals surface area contributed by atoms with E-state index < -0.39 is 0 Å². The summed E-state index contributed by atoms with van der Waals surface area (Å²) in [4.78, 5) is 0. The van der Waals surface area contributed by atoms with Crippen LogP contribution in [0.3, 0.4) is 0 Å². The molecule has 1 unspecified atom stereocenters. The van der Waals surface area contributed by atoms with Gasteiger partial charge in [0.15, 0.2) is 0 Å². The molecule has 5 nitrogen and oxygen atoms in total. The van der Waals surface area contributed by atoms with Crippen molar-refractivity contribution < 1.29 is 4.42 Å². The summed E-state index contributed by atoms with van der Waals surface area (Å²) < 4.78 is 5.44. The van der Waals surface area contributed by atoms with Crippen LogP contribution in [-0.4, -0.2) is 22.8 Å². The summed E-state index contributed by atoms with van der Waals surface area (Å²) in [5.74, 6) is 1.43. The fraction of sp³-hybridized carbons (Fsp3) is 0.800. The highest BCUT2D eigenvalue weighted by Gasteiger charge is 2.28. The zero-order valence-electron chi connectivity index (χ0n) is 9.29. The zero-order chi connectivity index (χ0) is 10.7. The number of hydrogen-bond donors (Lipinski definition) is 2. The van der Waals surface area contributed by atoms with Crippen LogP contribution in [0.25, 0.3) is 0 Å². The first-order chi connectivity index (χ1) is 7.29. The van der Waals surface area contributed by atoms with Crippen molar-refractivity contribution in [3.05, 3.63) is 5.89 Å². The highest BCUT2D eigenvalue weighted by atomic mass is 16.4. The van der Waals surface area contributed by atoms with E-state index in [0.717, 1.165) is 12.5 Å². The lowest BCUT2D eigenvalue weighted by Gasteiger charge is -2.08. The Bertz CT molecular complexity index is 308. The Morgan fingerprint density at radius 1 is 1.47 bits per heavy atom. The van der Waals surface area contributed by atoms with E-state index in [0.29, 0.717) is 24.5 Å². The Morgan fingerprint density at radius 3 is 2.93 bits per heavy atom. The Balaban J connectivity index is 1.83. The third-order valence-corrected chi connectivity index (χ3v) is 2.67. The molecule has 2 N–H and O–H groups in total. The highest BCUT2D eigenvalue weighted by molar-refractivity contribution is 5.20. The van der Waals surface area contributed by atoms with Crippen molar-refractivity contribution in [3.63, 3.8) is 0 Å². The number of anilines is 1. The minimum absolute atomic E-state index is 0.442. The molecule has 1 aliphatic carbocycles. The minimum Gasteiger partial charge on any atom is -0.407 e. The molecule has 1 aliphatic rings. The van der Waals surface area contributed by atoms with E-state index in [-0.39, 0.29) is 0 Å². The van der Waals surface area contributed by atoms with Gasteiger partial charge in [0, 0.05) is 6.04 Å². The quantitative estimate of drug-likeness (QED) is 0.743. The van der Waals surface area contributed by atoms with E-state index in [2.05, 4.69) is 27.8 Å². The van der Waals surface area contributed by atoms with Crippen LogP contribution in [-0.2, 0) is 6.54 Å². The van der Waals surface area contributed by atoms with Crippen molar-refractivity contribution in [1.82, 2.24) is 15.5 Å². The Labute approximate surface area is 89.6 Å². The van der Waals surface area contributed by atoms with Crippen LogP contribution in [0.1, 0.15) is 32.6 Å². The molecule has 1 fully saturated rings. The molecule has 5 heteroatoms. The lowest BCUT2D eigenvalue weighted by molar-refractivity contribution is 0.475. The molecule has 84 valence electrons. The van der Waals surface area contributed by atoms with Crippen LogP contribution >= 0.6 is 0 Å². The molecule has 0 amide bonds. The number of nitrogens with one attached hydrogen (secondary N) is 2. The third-order valence-electron chi connectivity index (χ3n) is 2.67. The first-order valence-electron chi connectivity index (χ1n) is 5.59. The molecule has 0 aromatic carbocycles. The number of rotatable bonds is 6. The molecule has 2 rings (SSSR count). The predicted molar refractivity (Wildman–Crippen MR) is 57.5 cm³/mol. The van der Waals surface area contributed by atoms with Crippen molar-refractivity contribution >= 4 is 6.01 Å². The van der Waals surface area contributed by atoms with Gasteiger partial charge in [-0.15, -0.1) is 5.10 Å². The van der Waals surface area contributed by atoms with Crippen molar-refractivity contribution in [1.29, 1.82) is 0 Å². The molecular weight excluding hydrogens is 192 g/mol. The van der Waals surface area contributed by atoms with Gasteiger partial charge in [0.25, 0.3) is 0 Å². The lowest BCUT2D eigenvalue weighted by atomic mass is 10.2. The molecule has 0 saturated heterocycles. The molecule has 1 aromatic heterocycles. The van der Waals surface area contributed by atoms with Gasteiger partial charge in [-0.3, -0.25) is 0 Å². The number of nitrogens with zero attached hydrogens (tertiary/aromatic N) is 2. The highest BCUT2D eigenvalue weighted by Crippen LogP contribution is 2.33. The summed E-state index contributed by atoms with van der Waals surface area (Å²) >= 11 is 0. The van der Waals surface area contributed by atoms with Gasteiger partial charge in [-0.2, -0.15) is 0 Å². The van der Waals surface area contributed by atoms with Gasteiger partial charge in [-0.1, -0.05) is 12.0 Å². The molecule has 1 aromatic rings. The van der Waals surface area contributed by atoms with E-state index in [1.807, 2.05) is 6.92 Å². The lowest BCUT2D eigenvalue weighted by Crippen LogP contribution is -2.17. The van der Waals surface area contributed by atoms with E-state index in [4.69, 9.17) is 4.42 Å². The zero-order valence-corrected chi connectivity index (χ0v) is 9.29. The fourth-order valence-corrected chi connectivity index (χ4v) is 1.52. The van der Waals surface area contributed by atoms with Crippen LogP contribution in [0.5, 0.6) is 0 Å². The van der Waals surface area contributed by atoms with Crippen LogP contribution in [0.15, 0.2) is 4.42 Å². The van der Waals surface area contributed by atoms with Crippen LogP contribution < -0.4 is 10.6 Å². The Hall–Kier alpha value is -1.10. The first kappa shape index (κ1) is 10.4. The van der Waals surface area contributed by atoms with Crippen molar-refractivity contribution in [2.75, 3.05) is 11.9 Å². The van der Waals surface area contributed by atoms with Crippen LogP contribution in [0, 0.1) is 5.92 Å². The standard InChI is InChI=1S/C10H18N4O/c1-3-11-6-9-13-14-10(15-9)12-7(2)8-4-5-8/h7-8,11H,3-6H2,1-2H3,(H,12,14). The molecule has 0 bridgehead atoms. The van der Waals surface area contributed by atoms with Crippen LogP contribution in [0.4, 0.5) is 6.01 Å². The smallest absolute Gasteiger partial charge is 0.315 e. The number of aromatic nitrogens is 2. The molecule has 15 heavy (non-hydrogen) atoms. The summed E-state index contributed by atoms with van der Waals surface area (Å²) in [5.41, 5.74) is 0. The maximum absolute atomic E-state index is 5.44. The van der Waals surface area contributed by atoms with Gasteiger partial charge in [0.05, 0.1) is 6.54 Å². The first-order valence-corrected chi connectivity index (χ1v) is 5.59. The molecular formula is C10H18N4O. The molecule has 0 radical (unpaired) electrons. The monoisotopic (exact) mass is 210 g/mol. The van der Waals surface area contributed by atoms with Gasteiger partial charge in [-0.05, 0) is 32.2 Å². The minimum atomic E-state index is 0.442. The Morgan fingerprint density at radius 2 is 2.27 bits per heavy atom. The van der Waals surface area contributed by atoms with Gasteiger partial charge in [0.2, 0.25) is 5.89 Å². The summed E-state index contributed by atoms with van der Waals surface area (Å²) in [6, 6.07) is 0.986. The summed E-state index contributed by atoms with van der Waals surface area (Å²) in [5, 5.41) is 14.3. The van der Waals surface area contributed by atoms with Crippen molar-refractivity contribution in [2.24, 2.45) is 5.92 Å².